The van der Waals surface area contributed by atoms with Gasteiger partial charge in [-0.2, -0.15) is 0 Å². The average molecular weight is 277 g/mol. The Hall–Kier alpha value is -1.68. The highest BCUT2D eigenvalue weighted by Gasteiger charge is 2.18. The van der Waals surface area contributed by atoms with Crippen molar-refractivity contribution in [2.75, 3.05) is 13.3 Å². The second kappa shape index (κ2) is 6.66. The molecule has 0 bridgehead atoms. The molecule has 0 aliphatic carbocycles. The first-order chi connectivity index (χ1) is 9.60. The van der Waals surface area contributed by atoms with Gasteiger partial charge in [0.15, 0.2) is 11.5 Å². The Labute approximate surface area is 120 Å². The van der Waals surface area contributed by atoms with Crippen LogP contribution in [0, 0.1) is 5.92 Å². The van der Waals surface area contributed by atoms with Gasteiger partial charge in [-0.25, -0.2) is 0 Å². The van der Waals surface area contributed by atoms with Gasteiger partial charge in [-0.1, -0.05) is 26.5 Å². The summed E-state index contributed by atoms with van der Waals surface area (Å²) in [6.07, 6.45) is 1.73. The molecule has 1 aliphatic rings. The number of fused-ring (bicyclic) bond motifs is 1. The predicted octanol–water partition coefficient (Wildman–Crippen LogP) is 3.11. The zero-order chi connectivity index (χ0) is 14.5. The van der Waals surface area contributed by atoms with Crippen LogP contribution >= 0.6 is 0 Å². The van der Waals surface area contributed by atoms with Crippen molar-refractivity contribution in [2.45, 2.75) is 33.4 Å². The smallest absolute Gasteiger partial charge is 0.231 e. The van der Waals surface area contributed by atoms with Gasteiger partial charge >= 0.3 is 0 Å². The van der Waals surface area contributed by atoms with Gasteiger partial charge in [0.05, 0.1) is 0 Å². The molecule has 1 aromatic rings. The van der Waals surface area contributed by atoms with Gasteiger partial charge in [0, 0.05) is 18.2 Å². The molecule has 0 amide bonds. The van der Waals surface area contributed by atoms with Gasteiger partial charge in [0.2, 0.25) is 6.79 Å². The van der Waals surface area contributed by atoms with Crippen LogP contribution in [0.4, 0.5) is 0 Å². The molecule has 4 heteroatoms. The fourth-order valence-corrected chi connectivity index (χ4v) is 1.96. The van der Waals surface area contributed by atoms with E-state index in [1.54, 1.807) is 6.08 Å². The van der Waals surface area contributed by atoms with Crippen molar-refractivity contribution in [3.8, 4) is 17.2 Å². The first-order valence-electron chi connectivity index (χ1n) is 7.02. The van der Waals surface area contributed by atoms with Gasteiger partial charge in [0.1, 0.15) is 11.9 Å². The number of hydrogen-bond donors (Lipinski definition) is 1. The van der Waals surface area contributed by atoms with Gasteiger partial charge in [-0.15, -0.1) is 0 Å². The van der Waals surface area contributed by atoms with Crippen LogP contribution in [0.2, 0.25) is 0 Å². The van der Waals surface area contributed by atoms with Crippen LogP contribution in [-0.4, -0.2) is 19.4 Å². The summed E-state index contributed by atoms with van der Waals surface area (Å²) in [5.41, 5.74) is 1.07. The summed E-state index contributed by atoms with van der Waals surface area (Å²) < 4.78 is 16.7. The van der Waals surface area contributed by atoms with E-state index in [9.17, 15) is 0 Å². The first-order valence-corrected chi connectivity index (χ1v) is 7.02. The molecule has 4 nitrogen and oxygen atoms in total. The molecule has 1 atom stereocenters. The molecule has 0 saturated heterocycles. The summed E-state index contributed by atoms with van der Waals surface area (Å²) in [6, 6.07) is 3.88. The first kappa shape index (κ1) is 14.7. The van der Waals surface area contributed by atoms with Gasteiger partial charge in [-0.05, 0) is 25.5 Å². The highest BCUT2D eigenvalue weighted by Crippen LogP contribution is 2.38. The molecule has 0 fully saturated rings. The van der Waals surface area contributed by atoms with Crippen LogP contribution in [0.25, 0.3) is 0 Å². The molecule has 110 valence electrons. The van der Waals surface area contributed by atoms with Gasteiger partial charge in [-0.3, -0.25) is 0 Å². The molecule has 20 heavy (non-hydrogen) atoms. The lowest BCUT2D eigenvalue weighted by atomic mass is 10.1. The minimum absolute atomic E-state index is 0.0424. The molecule has 2 rings (SSSR count). The Balaban J connectivity index is 2.15. The quantitative estimate of drug-likeness (QED) is 0.777. The van der Waals surface area contributed by atoms with E-state index in [0.717, 1.165) is 35.9 Å². The fourth-order valence-electron chi connectivity index (χ4n) is 1.96. The Morgan fingerprint density at radius 1 is 1.30 bits per heavy atom. The summed E-state index contributed by atoms with van der Waals surface area (Å²) in [7, 11) is 0. The van der Waals surface area contributed by atoms with Crippen LogP contribution in [0.3, 0.4) is 0 Å². The van der Waals surface area contributed by atoms with E-state index < -0.39 is 0 Å². The SMILES string of the molecule is C=CC(C)Oc1cc2c(cc1CNCC(C)C)OCO2. The number of nitrogens with one attached hydrogen (secondary N) is 1. The summed E-state index contributed by atoms with van der Waals surface area (Å²) >= 11 is 0. The van der Waals surface area contributed by atoms with E-state index in [2.05, 4.69) is 25.7 Å². The third-order valence-electron chi connectivity index (χ3n) is 3.07. The topological polar surface area (TPSA) is 39.7 Å². The Morgan fingerprint density at radius 2 is 2.00 bits per heavy atom. The van der Waals surface area contributed by atoms with Crippen molar-refractivity contribution in [2.24, 2.45) is 5.92 Å². The normalized spacial score (nSPS) is 14.4. The van der Waals surface area contributed by atoms with Crippen molar-refractivity contribution in [1.82, 2.24) is 5.32 Å². The van der Waals surface area contributed by atoms with Crippen LogP contribution in [0.5, 0.6) is 17.2 Å². The number of hydrogen-bond acceptors (Lipinski definition) is 4. The summed E-state index contributed by atoms with van der Waals surface area (Å²) in [6.45, 7) is 12.1. The van der Waals surface area contributed by atoms with Crippen molar-refractivity contribution < 1.29 is 14.2 Å². The van der Waals surface area contributed by atoms with E-state index >= 15 is 0 Å². The number of ether oxygens (including phenoxy) is 3. The largest absolute Gasteiger partial charge is 0.486 e. The monoisotopic (exact) mass is 277 g/mol. The third-order valence-corrected chi connectivity index (χ3v) is 3.07. The van der Waals surface area contributed by atoms with Crippen LogP contribution in [0.15, 0.2) is 24.8 Å². The van der Waals surface area contributed by atoms with E-state index in [1.165, 1.54) is 0 Å². The molecule has 1 unspecified atom stereocenters. The average Bonchev–Trinajstić information content (AvgIpc) is 2.85. The highest BCUT2D eigenvalue weighted by molar-refractivity contribution is 5.52. The van der Waals surface area contributed by atoms with Crippen molar-refractivity contribution >= 4 is 0 Å². The van der Waals surface area contributed by atoms with Crippen LogP contribution in [0.1, 0.15) is 26.3 Å². The van der Waals surface area contributed by atoms with E-state index in [-0.39, 0.29) is 12.9 Å². The minimum atomic E-state index is -0.0424. The molecule has 1 aromatic carbocycles. The molecule has 0 saturated carbocycles. The van der Waals surface area contributed by atoms with E-state index in [0.29, 0.717) is 5.92 Å². The molecule has 1 heterocycles. The molecular formula is C16H23NO3. The van der Waals surface area contributed by atoms with E-state index in [4.69, 9.17) is 14.2 Å². The zero-order valence-electron chi connectivity index (χ0n) is 12.4. The Kier molecular flexibility index (Phi) is 4.90. The van der Waals surface area contributed by atoms with Crippen molar-refractivity contribution in [3.63, 3.8) is 0 Å². The second-order valence-corrected chi connectivity index (χ2v) is 5.40. The molecule has 0 radical (unpaired) electrons. The molecular weight excluding hydrogens is 254 g/mol. The third kappa shape index (κ3) is 3.67. The molecule has 0 aromatic heterocycles. The lowest BCUT2D eigenvalue weighted by molar-refractivity contribution is 0.173. The van der Waals surface area contributed by atoms with Gasteiger partial charge in [0.25, 0.3) is 0 Å². The lowest BCUT2D eigenvalue weighted by Gasteiger charge is -2.16. The Bertz CT molecular complexity index is 471. The van der Waals surface area contributed by atoms with E-state index in [1.807, 2.05) is 19.1 Å². The lowest BCUT2D eigenvalue weighted by Crippen LogP contribution is -2.20. The summed E-state index contributed by atoms with van der Waals surface area (Å²) in [4.78, 5) is 0. The van der Waals surface area contributed by atoms with Crippen molar-refractivity contribution in [3.05, 3.63) is 30.4 Å². The minimum Gasteiger partial charge on any atom is -0.486 e. The summed E-state index contributed by atoms with van der Waals surface area (Å²) in [5.74, 6) is 2.95. The van der Waals surface area contributed by atoms with Crippen LogP contribution < -0.4 is 19.5 Å². The second-order valence-electron chi connectivity index (χ2n) is 5.40. The standard InChI is InChI=1S/C16H23NO3/c1-5-12(4)20-14-7-16-15(18-10-19-16)6-13(14)9-17-8-11(2)3/h5-7,11-12,17H,1,8-10H2,2-4H3. The fraction of sp³-hybridized carbons (Fsp3) is 0.500. The molecule has 0 spiro atoms. The summed E-state index contributed by atoms with van der Waals surface area (Å²) in [5, 5.41) is 3.42. The maximum Gasteiger partial charge on any atom is 0.231 e. The Morgan fingerprint density at radius 3 is 2.65 bits per heavy atom. The molecule has 1 N–H and O–H groups in total. The maximum absolute atomic E-state index is 5.88. The van der Waals surface area contributed by atoms with Crippen LogP contribution in [-0.2, 0) is 6.54 Å². The van der Waals surface area contributed by atoms with Crippen molar-refractivity contribution in [1.29, 1.82) is 0 Å². The highest BCUT2D eigenvalue weighted by atomic mass is 16.7. The molecule has 1 aliphatic heterocycles. The number of benzene rings is 1. The number of rotatable bonds is 7. The maximum atomic E-state index is 5.88. The predicted molar refractivity (Wildman–Crippen MR) is 79.4 cm³/mol. The van der Waals surface area contributed by atoms with Gasteiger partial charge < -0.3 is 19.5 Å². The zero-order valence-corrected chi connectivity index (χ0v) is 12.4.